The first-order chi connectivity index (χ1) is 11.0. The first-order valence-corrected chi connectivity index (χ1v) is 6.90. The molecule has 0 radical (unpaired) electrons. The lowest BCUT2D eigenvalue weighted by atomic mass is 10.0. The number of para-hydroxylation sites is 1. The van der Waals surface area contributed by atoms with Gasteiger partial charge in [0.25, 0.3) is 0 Å². The maximum absolute atomic E-state index is 13.3. The molecule has 1 aromatic heterocycles. The third-order valence-corrected chi connectivity index (χ3v) is 3.48. The molecule has 1 aromatic carbocycles. The van der Waals surface area contributed by atoms with Gasteiger partial charge in [0, 0.05) is 11.8 Å². The lowest BCUT2D eigenvalue weighted by Gasteiger charge is -2.20. The standard InChI is InChI=1S/C15H14F3N5/c16-15(17,18)10-5-3-4-9-13(10)22-12(23-19)8-21-14(9)11-6-1-2-7-20-11/h1-7,12,22-23H,8,19H2. The van der Waals surface area contributed by atoms with Crippen molar-refractivity contribution in [2.24, 2.45) is 10.8 Å². The minimum absolute atomic E-state index is 0.0511. The fourth-order valence-electron chi connectivity index (χ4n) is 2.45. The molecule has 5 nitrogen and oxygen atoms in total. The van der Waals surface area contributed by atoms with Gasteiger partial charge in [0.1, 0.15) is 6.17 Å². The molecule has 1 aliphatic rings. The van der Waals surface area contributed by atoms with Gasteiger partial charge in [-0.1, -0.05) is 18.2 Å². The molecule has 4 N–H and O–H groups in total. The van der Waals surface area contributed by atoms with Crippen molar-refractivity contribution in [3.8, 4) is 0 Å². The molecule has 1 atom stereocenters. The average Bonchev–Trinajstić information content (AvgIpc) is 2.73. The number of hydrazine groups is 1. The van der Waals surface area contributed by atoms with E-state index in [1.807, 2.05) is 0 Å². The molecule has 1 unspecified atom stereocenters. The number of hydrogen-bond donors (Lipinski definition) is 3. The number of aliphatic imine (C=N–C) groups is 1. The Kier molecular flexibility index (Phi) is 4.01. The van der Waals surface area contributed by atoms with Crippen LogP contribution < -0.4 is 16.6 Å². The van der Waals surface area contributed by atoms with Crippen molar-refractivity contribution in [3.63, 3.8) is 0 Å². The average molecular weight is 321 g/mol. The summed E-state index contributed by atoms with van der Waals surface area (Å²) in [5.41, 5.74) is 2.87. The second-order valence-corrected chi connectivity index (χ2v) is 4.99. The summed E-state index contributed by atoms with van der Waals surface area (Å²) in [6.45, 7) is 0.175. The number of fused-ring (bicyclic) bond motifs is 1. The van der Waals surface area contributed by atoms with E-state index in [4.69, 9.17) is 5.84 Å². The van der Waals surface area contributed by atoms with Crippen molar-refractivity contribution < 1.29 is 13.2 Å². The molecule has 0 spiro atoms. The maximum Gasteiger partial charge on any atom is 0.418 e. The van der Waals surface area contributed by atoms with Gasteiger partial charge in [-0.2, -0.15) is 13.2 Å². The molecule has 0 aliphatic carbocycles. The molecular formula is C15H14F3N5. The monoisotopic (exact) mass is 321 g/mol. The van der Waals surface area contributed by atoms with E-state index < -0.39 is 17.9 Å². The van der Waals surface area contributed by atoms with Gasteiger partial charge in [-0.05, 0) is 18.2 Å². The SMILES string of the molecule is NNC1CN=C(c2ccccn2)c2cccc(C(F)(F)F)c2N1. The molecule has 0 amide bonds. The van der Waals surface area contributed by atoms with Crippen LogP contribution in [0.4, 0.5) is 18.9 Å². The Bertz CT molecular complexity index is 728. The van der Waals surface area contributed by atoms with E-state index in [2.05, 4.69) is 20.7 Å². The van der Waals surface area contributed by atoms with Crippen molar-refractivity contribution >= 4 is 11.4 Å². The molecule has 3 rings (SSSR count). The molecular weight excluding hydrogens is 307 g/mol. The molecule has 120 valence electrons. The van der Waals surface area contributed by atoms with Gasteiger partial charge in [-0.15, -0.1) is 0 Å². The minimum atomic E-state index is -4.49. The van der Waals surface area contributed by atoms with Crippen LogP contribution in [0.25, 0.3) is 0 Å². The van der Waals surface area contributed by atoms with E-state index in [9.17, 15) is 13.2 Å². The highest BCUT2D eigenvalue weighted by Gasteiger charge is 2.36. The number of anilines is 1. The van der Waals surface area contributed by atoms with Crippen LogP contribution >= 0.6 is 0 Å². The number of pyridine rings is 1. The van der Waals surface area contributed by atoms with E-state index in [1.54, 1.807) is 30.5 Å². The van der Waals surface area contributed by atoms with Crippen LogP contribution in [0.2, 0.25) is 0 Å². The van der Waals surface area contributed by atoms with Gasteiger partial charge in [-0.25, -0.2) is 5.43 Å². The molecule has 0 saturated carbocycles. The number of hydrogen-bond acceptors (Lipinski definition) is 5. The maximum atomic E-state index is 13.3. The zero-order valence-corrected chi connectivity index (χ0v) is 11.9. The molecule has 23 heavy (non-hydrogen) atoms. The quantitative estimate of drug-likeness (QED) is 0.585. The zero-order chi connectivity index (χ0) is 16.4. The molecule has 1 aliphatic heterocycles. The highest BCUT2D eigenvalue weighted by molar-refractivity contribution is 6.15. The van der Waals surface area contributed by atoms with Gasteiger partial charge in [0.2, 0.25) is 0 Å². The van der Waals surface area contributed by atoms with Crippen LogP contribution in [-0.2, 0) is 6.18 Å². The zero-order valence-electron chi connectivity index (χ0n) is 11.9. The third kappa shape index (κ3) is 3.03. The van der Waals surface area contributed by atoms with E-state index >= 15 is 0 Å². The Hall–Kier alpha value is -2.45. The van der Waals surface area contributed by atoms with Gasteiger partial charge in [-0.3, -0.25) is 15.8 Å². The number of aromatic nitrogens is 1. The molecule has 2 aromatic rings. The third-order valence-electron chi connectivity index (χ3n) is 3.48. The van der Waals surface area contributed by atoms with Crippen LogP contribution in [0.3, 0.4) is 0 Å². The predicted octanol–water partition coefficient (Wildman–Crippen LogP) is 2.15. The molecule has 2 heterocycles. The second-order valence-electron chi connectivity index (χ2n) is 4.99. The fourth-order valence-corrected chi connectivity index (χ4v) is 2.45. The number of nitrogens with one attached hydrogen (secondary N) is 2. The Morgan fingerprint density at radius 1 is 1.17 bits per heavy atom. The topological polar surface area (TPSA) is 75.3 Å². The lowest BCUT2D eigenvalue weighted by Crippen LogP contribution is -2.43. The largest absolute Gasteiger partial charge is 0.418 e. The predicted molar refractivity (Wildman–Crippen MR) is 80.9 cm³/mol. The highest BCUT2D eigenvalue weighted by atomic mass is 19.4. The van der Waals surface area contributed by atoms with Crippen LogP contribution in [0, 0.1) is 0 Å². The normalized spacial score (nSPS) is 17.7. The van der Waals surface area contributed by atoms with Gasteiger partial charge < -0.3 is 5.32 Å². The number of benzene rings is 1. The Morgan fingerprint density at radius 3 is 2.65 bits per heavy atom. The second kappa shape index (κ2) is 5.98. The van der Waals surface area contributed by atoms with E-state index in [0.29, 0.717) is 17.0 Å². The Morgan fingerprint density at radius 2 is 2.00 bits per heavy atom. The summed E-state index contributed by atoms with van der Waals surface area (Å²) >= 11 is 0. The Labute approximate surface area is 130 Å². The van der Waals surface area contributed by atoms with Crippen LogP contribution in [0.5, 0.6) is 0 Å². The van der Waals surface area contributed by atoms with Crippen molar-refractivity contribution in [1.82, 2.24) is 10.4 Å². The summed E-state index contributed by atoms with van der Waals surface area (Å²) in [7, 11) is 0. The van der Waals surface area contributed by atoms with Gasteiger partial charge >= 0.3 is 6.18 Å². The molecule has 0 saturated heterocycles. The number of alkyl halides is 3. The summed E-state index contributed by atoms with van der Waals surface area (Å²) in [6.07, 6.45) is -3.53. The molecule has 0 bridgehead atoms. The number of halogens is 3. The number of benzodiazepines with no additional fused rings is 1. The molecule has 8 heteroatoms. The summed E-state index contributed by atoms with van der Waals surface area (Å²) in [6, 6.07) is 9.17. The fraction of sp³-hybridized carbons (Fsp3) is 0.200. The summed E-state index contributed by atoms with van der Waals surface area (Å²) in [4.78, 5) is 8.59. The number of nitrogens with two attached hydrogens (primary N) is 1. The summed E-state index contributed by atoms with van der Waals surface area (Å²) in [5.74, 6) is 5.39. The van der Waals surface area contributed by atoms with Crippen LogP contribution in [0.1, 0.15) is 16.8 Å². The van der Waals surface area contributed by atoms with E-state index in [0.717, 1.165) is 6.07 Å². The van der Waals surface area contributed by atoms with E-state index in [1.165, 1.54) is 6.07 Å². The van der Waals surface area contributed by atoms with Crippen molar-refractivity contribution in [2.45, 2.75) is 12.3 Å². The molecule has 0 fully saturated rings. The minimum Gasteiger partial charge on any atom is -0.366 e. The first kappa shape index (κ1) is 15.4. The van der Waals surface area contributed by atoms with Gasteiger partial charge in [0.05, 0.1) is 29.2 Å². The number of nitrogens with zero attached hydrogens (tertiary/aromatic N) is 2. The van der Waals surface area contributed by atoms with Gasteiger partial charge in [0.15, 0.2) is 0 Å². The first-order valence-electron chi connectivity index (χ1n) is 6.90. The Balaban J connectivity index is 2.20. The van der Waals surface area contributed by atoms with Crippen LogP contribution in [0.15, 0.2) is 47.6 Å². The van der Waals surface area contributed by atoms with Crippen molar-refractivity contribution in [3.05, 3.63) is 59.4 Å². The van der Waals surface area contributed by atoms with Crippen molar-refractivity contribution in [2.75, 3.05) is 11.9 Å². The smallest absolute Gasteiger partial charge is 0.366 e. The van der Waals surface area contributed by atoms with Crippen LogP contribution in [-0.4, -0.2) is 23.4 Å². The highest BCUT2D eigenvalue weighted by Crippen LogP contribution is 2.38. The summed E-state index contributed by atoms with van der Waals surface area (Å²) in [5, 5.41) is 2.79. The van der Waals surface area contributed by atoms with Crippen molar-refractivity contribution in [1.29, 1.82) is 0 Å². The lowest BCUT2D eigenvalue weighted by molar-refractivity contribution is -0.137. The van der Waals surface area contributed by atoms with E-state index in [-0.39, 0.29) is 12.2 Å². The number of rotatable bonds is 2. The summed E-state index contributed by atoms with van der Waals surface area (Å²) < 4.78 is 40.0.